The SMILES string of the molecule is COc1ccc2c(c1)[C@@H](NC(=O)NCCCN1CCN(C)CC1)CCc1cc(OC)c(OC)c(OC)c1-2. The molecule has 2 N–H and O–H groups in total. The van der Waals surface area contributed by atoms with Crippen LogP contribution in [0.25, 0.3) is 11.1 Å². The van der Waals surface area contributed by atoms with Crippen LogP contribution in [0, 0.1) is 0 Å². The molecule has 4 rings (SSSR count). The molecule has 1 atom stereocenters. The second-order valence-corrected chi connectivity index (χ2v) is 9.62. The highest BCUT2D eigenvalue weighted by molar-refractivity contribution is 5.84. The minimum Gasteiger partial charge on any atom is -0.497 e. The van der Waals surface area contributed by atoms with E-state index in [2.05, 4.69) is 27.5 Å². The topological polar surface area (TPSA) is 84.5 Å². The molecule has 202 valence electrons. The molecule has 2 aromatic carbocycles. The van der Waals surface area contributed by atoms with Gasteiger partial charge in [0.05, 0.1) is 34.5 Å². The summed E-state index contributed by atoms with van der Waals surface area (Å²) in [5.41, 5.74) is 4.00. The number of benzene rings is 2. The predicted molar refractivity (Wildman–Crippen MR) is 144 cm³/mol. The highest BCUT2D eigenvalue weighted by atomic mass is 16.5. The molecule has 0 aromatic heterocycles. The van der Waals surface area contributed by atoms with Gasteiger partial charge in [-0.15, -0.1) is 0 Å². The molecular formula is C28H40N4O5. The van der Waals surface area contributed by atoms with Crippen molar-refractivity contribution in [1.82, 2.24) is 20.4 Å². The lowest BCUT2D eigenvalue weighted by Crippen LogP contribution is -2.45. The molecule has 1 aliphatic heterocycles. The van der Waals surface area contributed by atoms with Crippen LogP contribution in [0.15, 0.2) is 24.3 Å². The van der Waals surface area contributed by atoms with Gasteiger partial charge in [-0.3, -0.25) is 0 Å². The van der Waals surface area contributed by atoms with Crippen molar-refractivity contribution in [3.8, 4) is 34.1 Å². The van der Waals surface area contributed by atoms with Gasteiger partial charge < -0.3 is 39.4 Å². The molecular weight excluding hydrogens is 472 g/mol. The number of carbonyl (C=O) groups is 1. The highest BCUT2D eigenvalue weighted by Crippen LogP contribution is 2.50. The van der Waals surface area contributed by atoms with E-state index in [1.165, 1.54) is 0 Å². The molecule has 9 nitrogen and oxygen atoms in total. The number of urea groups is 1. The van der Waals surface area contributed by atoms with Crippen LogP contribution in [-0.4, -0.2) is 90.6 Å². The Morgan fingerprint density at radius 2 is 1.73 bits per heavy atom. The molecule has 0 radical (unpaired) electrons. The average molecular weight is 513 g/mol. The number of rotatable bonds is 9. The van der Waals surface area contributed by atoms with Crippen LogP contribution in [0.3, 0.4) is 0 Å². The van der Waals surface area contributed by atoms with E-state index in [1.807, 2.05) is 24.3 Å². The second kappa shape index (κ2) is 12.4. The summed E-state index contributed by atoms with van der Waals surface area (Å²) < 4.78 is 22.6. The summed E-state index contributed by atoms with van der Waals surface area (Å²) in [6, 6.07) is 7.60. The first-order valence-electron chi connectivity index (χ1n) is 12.9. The zero-order valence-corrected chi connectivity index (χ0v) is 22.7. The molecule has 37 heavy (non-hydrogen) atoms. The third-order valence-electron chi connectivity index (χ3n) is 7.36. The van der Waals surface area contributed by atoms with Crippen LogP contribution in [0.4, 0.5) is 4.79 Å². The van der Waals surface area contributed by atoms with E-state index in [0.717, 1.165) is 80.0 Å². The summed E-state index contributed by atoms with van der Waals surface area (Å²) in [5.74, 6) is 2.53. The predicted octanol–water partition coefficient (Wildman–Crippen LogP) is 3.31. The third-order valence-corrected chi connectivity index (χ3v) is 7.36. The van der Waals surface area contributed by atoms with Crippen LogP contribution in [0.5, 0.6) is 23.0 Å². The summed E-state index contributed by atoms with van der Waals surface area (Å²) in [6.45, 7) is 6.01. The number of piperazine rings is 1. The van der Waals surface area contributed by atoms with Crippen LogP contribution < -0.4 is 29.6 Å². The van der Waals surface area contributed by atoms with E-state index in [1.54, 1.807) is 28.4 Å². The number of carbonyl (C=O) groups excluding carboxylic acids is 1. The molecule has 0 saturated carbocycles. The number of amides is 2. The quantitative estimate of drug-likeness (QED) is 0.499. The van der Waals surface area contributed by atoms with E-state index in [-0.39, 0.29) is 12.1 Å². The summed E-state index contributed by atoms with van der Waals surface area (Å²) in [7, 11) is 8.67. The molecule has 1 aliphatic carbocycles. The van der Waals surface area contributed by atoms with E-state index >= 15 is 0 Å². The maximum absolute atomic E-state index is 12.9. The molecule has 2 aliphatic rings. The van der Waals surface area contributed by atoms with Gasteiger partial charge in [-0.1, -0.05) is 6.07 Å². The molecule has 2 amide bonds. The van der Waals surface area contributed by atoms with Crippen molar-refractivity contribution in [2.75, 3.05) is 74.8 Å². The van der Waals surface area contributed by atoms with Gasteiger partial charge in [0.1, 0.15) is 5.75 Å². The maximum atomic E-state index is 12.9. The Morgan fingerprint density at radius 3 is 2.41 bits per heavy atom. The van der Waals surface area contributed by atoms with Gasteiger partial charge >= 0.3 is 6.03 Å². The first-order chi connectivity index (χ1) is 18.0. The number of nitrogens with one attached hydrogen (secondary N) is 2. The van der Waals surface area contributed by atoms with Crippen molar-refractivity contribution in [3.63, 3.8) is 0 Å². The molecule has 9 heteroatoms. The molecule has 0 spiro atoms. The lowest BCUT2D eigenvalue weighted by molar-refractivity contribution is 0.153. The zero-order valence-electron chi connectivity index (χ0n) is 22.7. The number of fused-ring (bicyclic) bond motifs is 3. The van der Waals surface area contributed by atoms with Crippen LogP contribution >= 0.6 is 0 Å². The largest absolute Gasteiger partial charge is 0.497 e. The van der Waals surface area contributed by atoms with Gasteiger partial charge in [-0.2, -0.15) is 0 Å². The van der Waals surface area contributed by atoms with E-state index in [9.17, 15) is 4.79 Å². The Kier molecular flexibility index (Phi) is 9.00. The van der Waals surface area contributed by atoms with Gasteiger partial charge in [0.15, 0.2) is 11.5 Å². The van der Waals surface area contributed by atoms with Crippen molar-refractivity contribution in [2.45, 2.75) is 25.3 Å². The zero-order chi connectivity index (χ0) is 26.4. The molecule has 2 aromatic rings. The number of likely N-dealkylation sites (N-methyl/N-ethyl adjacent to an activating group) is 1. The number of aryl methyl sites for hydroxylation is 1. The number of hydrogen-bond acceptors (Lipinski definition) is 7. The van der Waals surface area contributed by atoms with Crippen LogP contribution in [0.2, 0.25) is 0 Å². The average Bonchev–Trinajstić information content (AvgIpc) is 3.07. The fraction of sp³-hybridized carbons (Fsp3) is 0.536. The van der Waals surface area contributed by atoms with Crippen molar-refractivity contribution in [3.05, 3.63) is 35.4 Å². The smallest absolute Gasteiger partial charge is 0.315 e. The van der Waals surface area contributed by atoms with E-state index in [4.69, 9.17) is 18.9 Å². The summed E-state index contributed by atoms with van der Waals surface area (Å²) >= 11 is 0. The Labute approximate surface area is 220 Å². The minimum atomic E-state index is -0.197. The first kappa shape index (κ1) is 26.9. The lowest BCUT2D eigenvalue weighted by Gasteiger charge is -2.32. The van der Waals surface area contributed by atoms with Crippen molar-refractivity contribution >= 4 is 6.03 Å². The van der Waals surface area contributed by atoms with Gasteiger partial charge in [0.25, 0.3) is 0 Å². The standard InChI is InChI=1S/C28H40N4O5/c1-31-13-15-32(16-14-31)12-6-11-29-28(33)30-23-10-7-19-17-24(35-3)26(36-4)27(37-5)25(19)21-9-8-20(34-2)18-22(21)23/h8-9,17-18,23H,6-7,10-16H2,1-5H3,(H2,29,30,33)/t23-/m0/s1. The summed E-state index contributed by atoms with van der Waals surface area (Å²) in [4.78, 5) is 17.7. The Morgan fingerprint density at radius 1 is 0.973 bits per heavy atom. The van der Waals surface area contributed by atoms with Crippen molar-refractivity contribution < 1.29 is 23.7 Å². The van der Waals surface area contributed by atoms with Crippen LogP contribution in [0.1, 0.15) is 30.0 Å². The molecule has 0 bridgehead atoms. The Balaban J connectivity index is 1.52. The third kappa shape index (κ3) is 6.05. The van der Waals surface area contributed by atoms with Crippen LogP contribution in [-0.2, 0) is 6.42 Å². The fourth-order valence-electron chi connectivity index (χ4n) is 5.27. The molecule has 1 saturated heterocycles. The maximum Gasteiger partial charge on any atom is 0.315 e. The second-order valence-electron chi connectivity index (χ2n) is 9.62. The first-order valence-corrected chi connectivity index (χ1v) is 12.9. The van der Waals surface area contributed by atoms with Gasteiger partial charge in [0, 0.05) is 38.3 Å². The van der Waals surface area contributed by atoms with Gasteiger partial charge in [-0.25, -0.2) is 4.79 Å². The van der Waals surface area contributed by atoms with E-state index in [0.29, 0.717) is 23.8 Å². The Hall–Kier alpha value is -3.17. The number of nitrogens with zero attached hydrogens (tertiary/aromatic N) is 2. The normalized spacial score (nSPS) is 17.7. The summed E-state index contributed by atoms with van der Waals surface area (Å²) in [5, 5.41) is 6.27. The fourth-order valence-corrected chi connectivity index (χ4v) is 5.27. The number of hydrogen-bond donors (Lipinski definition) is 2. The minimum absolute atomic E-state index is 0.162. The van der Waals surface area contributed by atoms with Gasteiger partial charge in [0.2, 0.25) is 5.75 Å². The number of ether oxygens (including phenoxy) is 4. The summed E-state index contributed by atoms with van der Waals surface area (Å²) in [6.07, 6.45) is 2.38. The van der Waals surface area contributed by atoms with Gasteiger partial charge in [-0.05, 0) is 67.7 Å². The van der Waals surface area contributed by atoms with E-state index < -0.39 is 0 Å². The Bertz CT molecular complexity index is 1080. The highest BCUT2D eigenvalue weighted by Gasteiger charge is 2.30. The van der Waals surface area contributed by atoms with Crippen molar-refractivity contribution in [2.24, 2.45) is 0 Å². The monoisotopic (exact) mass is 512 g/mol. The molecule has 1 heterocycles. The lowest BCUT2D eigenvalue weighted by atomic mass is 9.93. The van der Waals surface area contributed by atoms with Crippen molar-refractivity contribution in [1.29, 1.82) is 0 Å². The molecule has 1 fully saturated rings. The molecule has 0 unspecified atom stereocenters. The number of methoxy groups -OCH3 is 4.